The van der Waals surface area contributed by atoms with Gasteiger partial charge in [-0.2, -0.15) is 0 Å². The summed E-state index contributed by atoms with van der Waals surface area (Å²) in [6.07, 6.45) is 1.00. The van der Waals surface area contributed by atoms with E-state index in [1.807, 2.05) is 36.4 Å². The predicted octanol–water partition coefficient (Wildman–Crippen LogP) is 5.53. The molecule has 3 aromatic rings. The minimum atomic E-state index is -0.935. The van der Waals surface area contributed by atoms with E-state index in [0.717, 1.165) is 20.4 Å². The molecule has 2 amide bonds. The molecule has 0 aliphatic heterocycles. The van der Waals surface area contributed by atoms with E-state index >= 15 is 0 Å². The summed E-state index contributed by atoms with van der Waals surface area (Å²) in [7, 11) is 0. The van der Waals surface area contributed by atoms with Gasteiger partial charge in [-0.15, -0.1) is 0 Å². The highest BCUT2D eigenvalue weighted by Crippen LogP contribution is 2.42. The Morgan fingerprint density at radius 3 is 2.56 bits per heavy atom. The Balaban J connectivity index is 1.94. The number of hydrogen-bond acceptors (Lipinski definition) is 5. The number of hydrogen-bond donors (Lipinski definition) is 4. The van der Waals surface area contributed by atoms with E-state index in [9.17, 15) is 14.7 Å². The summed E-state index contributed by atoms with van der Waals surface area (Å²) in [4.78, 5) is 24.4. The molecule has 4 N–H and O–H groups in total. The van der Waals surface area contributed by atoms with Crippen LogP contribution in [0.1, 0.15) is 25.5 Å². The number of halogens is 1. The lowest BCUT2D eigenvalue weighted by molar-refractivity contribution is -0.124. The number of hydroxylamine groups is 1. The quantitative estimate of drug-likeness (QED) is 0.141. The smallest absolute Gasteiger partial charge is 0.412 e. The molecule has 32 heavy (non-hydrogen) atoms. The van der Waals surface area contributed by atoms with Crippen LogP contribution in [0.2, 0.25) is 0 Å². The first kappa shape index (κ1) is 23.6. The van der Waals surface area contributed by atoms with Crippen molar-refractivity contribution in [3.05, 3.63) is 81.9 Å². The lowest BCUT2D eigenvalue weighted by atomic mass is 9.81. The average molecular weight is 546 g/mol. The summed E-state index contributed by atoms with van der Waals surface area (Å²) in [5.41, 5.74) is 1.60. The SMILES string of the molecule is CC(C)(/C=C/C(=O)NO)[C@@H](OC(=O)Nc1cccc2ccccc12)c1cc(I)ccc1O. The number of carbonyl (C=O) groups excluding carboxylic acids is 2. The topological polar surface area (TPSA) is 108 Å². The monoisotopic (exact) mass is 546 g/mol. The standard InChI is InChI=1S/C24H23IN2O5/c1-24(2,13-12-21(29)27-31)22(18-14-16(25)10-11-20(18)28)32-23(30)26-19-9-5-7-15-6-3-4-8-17(15)19/h3-14,22,28,31H,1-2H3,(H,26,30)(H,27,29)/b13-12+/t22-/m0/s1. The molecule has 0 spiro atoms. The zero-order valence-electron chi connectivity index (χ0n) is 17.5. The molecule has 0 heterocycles. The van der Waals surface area contributed by atoms with Gasteiger partial charge in [0.05, 0.1) is 5.69 Å². The molecule has 3 aromatic carbocycles. The van der Waals surface area contributed by atoms with E-state index in [1.54, 1.807) is 32.0 Å². The molecule has 166 valence electrons. The summed E-state index contributed by atoms with van der Waals surface area (Å²) in [6.45, 7) is 3.51. The van der Waals surface area contributed by atoms with Crippen LogP contribution in [0.25, 0.3) is 10.8 Å². The third-order valence-electron chi connectivity index (χ3n) is 4.97. The Bertz CT molecular complexity index is 1170. The van der Waals surface area contributed by atoms with Gasteiger partial charge in [0.25, 0.3) is 5.91 Å². The molecule has 0 fully saturated rings. The van der Waals surface area contributed by atoms with Crippen LogP contribution in [0.15, 0.2) is 72.8 Å². The number of nitrogens with one attached hydrogen (secondary N) is 2. The van der Waals surface area contributed by atoms with E-state index < -0.39 is 23.5 Å². The first-order valence-corrected chi connectivity index (χ1v) is 10.9. The van der Waals surface area contributed by atoms with Gasteiger partial charge in [-0.1, -0.05) is 56.3 Å². The second kappa shape index (κ2) is 10.0. The number of amides is 2. The molecule has 0 unspecified atom stereocenters. The highest BCUT2D eigenvalue weighted by molar-refractivity contribution is 14.1. The Hall–Kier alpha value is -3.11. The summed E-state index contributed by atoms with van der Waals surface area (Å²) >= 11 is 2.10. The Labute approximate surface area is 199 Å². The van der Waals surface area contributed by atoms with Crippen LogP contribution in [-0.2, 0) is 9.53 Å². The predicted molar refractivity (Wildman–Crippen MR) is 130 cm³/mol. The fourth-order valence-electron chi connectivity index (χ4n) is 3.35. The Kier molecular flexibility index (Phi) is 7.37. The number of rotatable bonds is 6. The minimum Gasteiger partial charge on any atom is -0.508 e. The van der Waals surface area contributed by atoms with Gasteiger partial charge in [0, 0.05) is 26.0 Å². The van der Waals surface area contributed by atoms with Crippen molar-refractivity contribution in [2.75, 3.05) is 5.32 Å². The fraction of sp³-hybridized carbons (Fsp3) is 0.167. The average Bonchev–Trinajstić information content (AvgIpc) is 2.78. The van der Waals surface area contributed by atoms with Crippen molar-refractivity contribution >= 4 is 51.1 Å². The molecule has 0 radical (unpaired) electrons. The van der Waals surface area contributed by atoms with Crippen molar-refractivity contribution in [1.29, 1.82) is 0 Å². The maximum absolute atomic E-state index is 12.9. The van der Waals surface area contributed by atoms with Crippen molar-refractivity contribution in [2.45, 2.75) is 20.0 Å². The first-order chi connectivity index (χ1) is 15.2. The van der Waals surface area contributed by atoms with Crippen molar-refractivity contribution in [1.82, 2.24) is 5.48 Å². The number of carbonyl (C=O) groups is 2. The molecule has 1 atom stereocenters. The van der Waals surface area contributed by atoms with E-state index in [0.29, 0.717) is 11.3 Å². The second-order valence-electron chi connectivity index (χ2n) is 7.77. The minimum absolute atomic E-state index is 0.0403. The van der Waals surface area contributed by atoms with Crippen LogP contribution in [0, 0.1) is 8.99 Å². The summed E-state index contributed by atoms with van der Waals surface area (Å²) < 4.78 is 6.64. The maximum Gasteiger partial charge on any atom is 0.412 e. The maximum atomic E-state index is 12.9. The molecular weight excluding hydrogens is 523 g/mol. The van der Waals surface area contributed by atoms with Gasteiger partial charge >= 0.3 is 6.09 Å². The molecular formula is C24H23IN2O5. The van der Waals surface area contributed by atoms with Crippen LogP contribution >= 0.6 is 22.6 Å². The van der Waals surface area contributed by atoms with Gasteiger partial charge in [0.1, 0.15) is 11.9 Å². The molecule has 8 heteroatoms. The fourth-order valence-corrected chi connectivity index (χ4v) is 3.86. The van der Waals surface area contributed by atoms with Gasteiger partial charge in [0.2, 0.25) is 0 Å². The number of phenols is 1. The number of phenolic OH excluding ortho intramolecular Hbond substituents is 1. The van der Waals surface area contributed by atoms with Gasteiger partial charge in [-0.3, -0.25) is 15.3 Å². The zero-order valence-corrected chi connectivity index (χ0v) is 19.7. The van der Waals surface area contributed by atoms with Gasteiger partial charge in [0.15, 0.2) is 0 Å². The summed E-state index contributed by atoms with van der Waals surface area (Å²) in [6, 6.07) is 18.2. The van der Waals surface area contributed by atoms with Crippen LogP contribution in [0.4, 0.5) is 10.5 Å². The van der Waals surface area contributed by atoms with Gasteiger partial charge < -0.3 is 9.84 Å². The molecule has 0 aromatic heterocycles. The molecule has 3 rings (SSSR count). The highest BCUT2D eigenvalue weighted by Gasteiger charge is 2.34. The zero-order chi connectivity index (χ0) is 23.3. The van der Waals surface area contributed by atoms with Crippen LogP contribution in [-0.4, -0.2) is 22.3 Å². The van der Waals surface area contributed by atoms with Crippen LogP contribution in [0.5, 0.6) is 5.75 Å². The van der Waals surface area contributed by atoms with Crippen molar-refractivity contribution in [3.8, 4) is 5.75 Å². The largest absolute Gasteiger partial charge is 0.508 e. The number of benzene rings is 3. The highest BCUT2D eigenvalue weighted by atomic mass is 127. The number of ether oxygens (including phenoxy) is 1. The molecule has 0 saturated carbocycles. The van der Waals surface area contributed by atoms with Crippen molar-refractivity contribution < 1.29 is 24.6 Å². The molecule has 7 nitrogen and oxygen atoms in total. The molecule has 0 aliphatic carbocycles. The number of fused-ring (bicyclic) bond motifs is 1. The molecule has 0 saturated heterocycles. The van der Waals surface area contributed by atoms with Gasteiger partial charge in [-0.25, -0.2) is 10.3 Å². The van der Waals surface area contributed by atoms with Gasteiger partial charge in [-0.05, 0) is 52.2 Å². The summed E-state index contributed by atoms with van der Waals surface area (Å²) in [5, 5.41) is 23.9. The Morgan fingerprint density at radius 2 is 1.81 bits per heavy atom. The summed E-state index contributed by atoms with van der Waals surface area (Å²) in [5.74, 6) is -0.759. The molecule has 0 aliphatic rings. The third kappa shape index (κ3) is 5.57. The Morgan fingerprint density at radius 1 is 1.09 bits per heavy atom. The number of aromatic hydroxyl groups is 1. The van der Waals surface area contributed by atoms with E-state index in [4.69, 9.17) is 9.94 Å². The van der Waals surface area contributed by atoms with E-state index in [1.165, 1.54) is 17.6 Å². The van der Waals surface area contributed by atoms with Crippen LogP contribution in [0.3, 0.4) is 0 Å². The van der Waals surface area contributed by atoms with Crippen molar-refractivity contribution in [2.24, 2.45) is 5.41 Å². The first-order valence-electron chi connectivity index (χ1n) is 9.78. The van der Waals surface area contributed by atoms with Crippen LogP contribution < -0.4 is 10.8 Å². The van der Waals surface area contributed by atoms with Crippen molar-refractivity contribution in [3.63, 3.8) is 0 Å². The van der Waals surface area contributed by atoms with E-state index in [-0.39, 0.29) is 5.75 Å². The molecule has 0 bridgehead atoms. The third-order valence-corrected chi connectivity index (χ3v) is 5.64. The lowest BCUT2D eigenvalue weighted by Crippen LogP contribution is -2.28. The van der Waals surface area contributed by atoms with E-state index in [2.05, 4.69) is 27.9 Å². The normalized spacial score (nSPS) is 12.5. The number of anilines is 1. The second-order valence-corrected chi connectivity index (χ2v) is 9.02. The lowest BCUT2D eigenvalue weighted by Gasteiger charge is -2.32.